The van der Waals surface area contributed by atoms with Crippen molar-refractivity contribution in [3.63, 3.8) is 0 Å². The van der Waals surface area contributed by atoms with Gasteiger partial charge in [0.15, 0.2) is 0 Å². The summed E-state index contributed by atoms with van der Waals surface area (Å²) in [7, 11) is 1.59. The van der Waals surface area contributed by atoms with Crippen molar-refractivity contribution in [1.82, 2.24) is 10.2 Å². The summed E-state index contributed by atoms with van der Waals surface area (Å²) in [4.78, 5) is 48.3. The maximum absolute atomic E-state index is 14.8. The van der Waals surface area contributed by atoms with Crippen LogP contribution in [0.15, 0.2) is 103 Å². The molecule has 1 aromatic heterocycles. The SMILES string of the molecule is COc1ccc(N(C(=O)CN2C(=O)C(C(C)c3n[nH]c4ccccc34)C(=O)N(c3ccccc3)c3ccccc32)C(C)C)cc1. The number of hydrogen-bond acceptors (Lipinski definition) is 5. The molecule has 0 radical (unpaired) electrons. The highest BCUT2D eigenvalue weighted by Crippen LogP contribution is 2.43. The van der Waals surface area contributed by atoms with E-state index in [4.69, 9.17) is 4.74 Å². The van der Waals surface area contributed by atoms with E-state index in [9.17, 15) is 14.4 Å². The number of aromatic amines is 1. The number of nitrogens with zero attached hydrogens (tertiary/aromatic N) is 4. The summed E-state index contributed by atoms with van der Waals surface area (Å²) in [6.07, 6.45) is 0. The van der Waals surface area contributed by atoms with Crippen LogP contribution in [0.3, 0.4) is 0 Å². The van der Waals surface area contributed by atoms with Crippen molar-refractivity contribution in [2.75, 3.05) is 28.4 Å². The summed E-state index contributed by atoms with van der Waals surface area (Å²) < 4.78 is 5.31. The number of rotatable bonds is 8. The number of para-hydroxylation sites is 4. The number of amides is 3. The van der Waals surface area contributed by atoms with Crippen molar-refractivity contribution in [3.8, 4) is 5.75 Å². The zero-order valence-electron chi connectivity index (χ0n) is 25.7. The Morgan fingerprint density at radius 3 is 2.18 bits per heavy atom. The molecule has 0 fully saturated rings. The number of ether oxygens (including phenoxy) is 1. The third-order valence-corrected chi connectivity index (χ3v) is 8.31. The molecule has 0 bridgehead atoms. The molecule has 5 aromatic rings. The van der Waals surface area contributed by atoms with E-state index in [1.54, 1.807) is 35.1 Å². The second-order valence-electron chi connectivity index (χ2n) is 11.4. The Hall–Kier alpha value is -5.44. The molecule has 2 unspecified atom stereocenters. The molecule has 0 spiro atoms. The highest BCUT2D eigenvalue weighted by Gasteiger charge is 2.45. The maximum Gasteiger partial charge on any atom is 0.247 e. The van der Waals surface area contributed by atoms with Gasteiger partial charge in [-0.3, -0.25) is 24.4 Å². The predicted molar refractivity (Wildman–Crippen MR) is 176 cm³/mol. The van der Waals surface area contributed by atoms with E-state index in [0.29, 0.717) is 34.2 Å². The van der Waals surface area contributed by atoms with Gasteiger partial charge in [0.05, 0.1) is 29.7 Å². The van der Waals surface area contributed by atoms with Crippen LogP contribution in [0.25, 0.3) is 10.9 Å². The topological polar surface area (TPSA) is 98.8 Å². The Kier molecular flexibility index (Phi) is 8.08. The van der Waals surface area contributed by atoms with Gasteiger partial charge in [-0.2, -0.15) is 5.10 Å². The lowest BCUT2D eigenvalue weighted by atomic mass is 9.87. The van der Waals surface area contributed by atoms with E-state index in [0.717, 1.165) is 10.9 Å². The zero-order chi connectivity index (χ0) is 31.7. The highest BCUT2D eigenvalue weighted by molar-refractivity contribution is 6.22. The number of nitrogens with one attached hydrogen (secondary N) is 1. The van der Waals surface area contributed by atoms with Gasteiger partial charge in [-0.1, -0.05) is 55.5 Å². The molecule has 1 aliphatic rings. The molecule has 4 aromatic carbocycles. The van der Waals surface area contributed by atoms with Gasteiger partial charge in [0.2, 0.25) is 17.7 Å². The van der Waals surface area contributed by atoms with Crippen LogP contribution in [-0.2, 0) is 14.4 Å². The minimum Gasteiger partial charge on any atom is -0.497 e. The second kappa shape index (κ2) is 12.3. The van der Waals surface area contributed by atoms with Crippen LogP contribution < -0.4 is 19.4 Å². The van der Waals surface area contributed by atoms with Crippen molar-refractivity contribution < 1.29 is 19.1 Å². The summed E-state index contributed by atoms with van der Waals surface area (Å²) in [6.45, 7) is 5.43. The third-order valence-electron chi connectivity index (χ3n) is 8.31. The molecular formula is C36H35N5O4. The van der Waals surface area contributed by atoms with E-state index in [2.05, 4.69) is 10.2 Å². The van der Waals surface area contributed by atoms with Gasteiger partial charge in [0.25, 0.3) is 0 Å². The van der Waals surface area contributed by atoms with Gasteiger partial charge in [-0.25, -0.2) is 0 Å². The van der Waals surface area contributed by atoms with E-state index >= 15 is 0 Å². The van der Waals surface area contributed by atoms with Gasteiger partial charge in [-0.05, 0) is 68.4 Å². The number of fused-ring (bicyclic) bond motifs is 2. The summed E-state index contributed by atoms with van der Waals surface area (Å²) in [6, 6.07) is 31.2. The Labute approximate surface area is 262 Å². The molecule has 1 aliphatic heterocycles. The molecule has 0 aliphatic carbocycles. The minimum absolute atomic E-state index is 0.198. The molecule has 45 heavy (non-hydrogen) atoms. The smallest absolute Gasteiger partial charge is 0.247 e. The Bertz CT molecular complexity index is 1850. The first-order chi connectivity index (χ1) is 21.8. The number of methoxy groups -OCH3 is 1. The summed E-state index contributed by atoms with van der Waals surface area (Å²) in [5.74, 6) is -2.22. The van der Waals surface area contributed by atoms with Crippen molar-refractivity contribution in [2.45, 2.75) is 32.7 Å². The van der Waals surface area contributed by atoms with Crippen LogP contribution in [0.2, 0.25) is 0 Å². The van der Waals surface area contributed by atoms with Crippen LogP contribution in [0.1, 0.15) is 32.4 Å². The second-order valence-corrected chi connectivity index (χ2v) is 11.4. The summed E-state index contributed by atoms with van der Waals surface area (Å²) in [5.41, 5.74) is 3.74. The van der Waals surface area contributed by atoms with Gasteiger partial charge >= 0.3 is 0 Å². The lowest BCUT2D eigenvalue weighted by molar-refractivity contribution is -0.133. The van der Waals surface area contributed by atoms with Crippen molar-refractivity contribution in [2.24, 2.45) is 5.92 Å². The number of carbonyl (C=O) groups is 3. The molecule has 2 atom stereocenters. The largest absolute Gasteiger partial charge is 0.497 e. The van der Waals surface area contributed by atoms with Crippen LogP contribution in [0.5, 0.6) is 5.75 Å². The van der Waals surface area contributed by atoms with E-state index < -0.39 is 17.7 Å². The fourth-order valence-electron chi connectivity index (χ4n) is 6.14. The lowest BCUT2D eigenvalue weighted by Crippen LogP contribution is -2.49. The molecule has 1 N–H and O–H groups in total. The predicted octanol–water partition coefficient (Wildman–Crippen LogP) is 6.44. The molecule has 0 saturated carbocycles. The Morgan fingerprint density at radius 2 is 1.49 bits per heavy atom. The summed E-state index contributed by atoms with van der Waals surface area (Å²) >= 11 is 0. The van der Waals surface area contributed by atoms with Crippen LogP contribution in [-0.4, -0.2) is 47.6 Å². The first-order valence-electron chi connectivity index (χ1n) is 15.0. The molecule has 9 heteroatoms. The zero-order valence-corrected chi connectivity index (χ0v) is 25.7. The van der Waals surface area contributed by atoms with Crippen LogP contribution in [0, 0.1) is 5.92 Å². The minimum atomic E-state index is -1.16. The molecule has 2 heterocycles. The van der Waals surface area contributed by atoms with E-state index in [1.165, 1.54) is 4.90 Å². The van der Waals surface area contributed by atoms with Gasteiger partial charge in [0.1, 0.15) is 18.2 Å². The average Bonchev–Trinajstić information content (AvgIpc) is 3.46. The molecule has 9 nitrogen and oxygen atoms in total. The third kappa shape index (κ3) is 5.42. The number of benzene rings is 4. The van der Waals surface area contributed by atoms with Crippen LogP contribution in [0.4, 0.5) is 22.7 Å². The number of hydrogen-bond donors (Lipinski definition) is 1. The normalized spacial score (nSPS) is 15.6. The monoisotopic (exact) mass is 601 g/mol. The average molecular weight is 602 g/mol. The number of H-pyrrole nitrogens is 1. The highest BCUT2D eigenvalue weighted by atomic mass is 16.5. The fraction of sp³-hybridized carbons (Fsp3) is 0.222. The van der Waals surface area contributed by atoms with Crippen molar-refractivity contribution in [1.29, 1.82) is 0 Å². The van der Waals surface area contributed by atoms with Crippen LogP contribution >= 0.6 is 0 Å². The van der Waals surface area contributed by atoms with E-state index in [-0.39, 0.29) is 24.4 Å². The van der Waals surface area contributed by atoms with Crippen molar-refractivity contribution >= 4 is 51.4 Å². The molecule has 228 valence electrons. The van der Waals surface area contributed by atoms with Gasteiger partial charge in [-0.15, -0.1) is 0 Å². The molecule has 0 saturated heterocycles. The maximum atomic E-state index is 14.8. The Balaban J connectivity index is 1.47. The number of aromatic nitrogens is 2. The Morgan fingerprint density at radius 1 is 0.844 bits per heavy atom. The number of carbonyl (C=O) groups excluding carboxylic acids is 3. The molecule has 3 amide bonds. The van der Waals surface area contributed by atoms with Crippen molar-refractivity contribution in [3.05, 3.63) is 109 Å². The molecular weight excluding hydrogens is 566 g/mol. The standard InChI is InChI=1S/C36H35N5O4/c1-23(2)40(26-18-20-27(45-4)21-19-26)32(42)22-39-30-16-10-11-17-31(30)41(25-12-6-5-7-13-25)36(44)33(35(39)43)24(3)34-28-14-8-9-15-29(28)37-38-34/h5-21,23-24,33H,22H2,1-4H3,(H,37,38). The number of anilines is 4. The van der Waals surface area contributed by atoms with Gasteiger partial charge in [0, 0.05) is 28.7 Å². The fourth-order valence-corrected chi connectivity index (χ4v) is 6.14. The quantitative estimate of drug-likeness (QED) is 0.206. The first-order valence-corrected chi connectivity index (χ1v) is 15.0. The first kappa shape index (κ1) is 29.6. The molecule has 6 rings (SSSR count). The lowest BCUT2D eigenvalue weighted by Gasteiger charge is -2.31. The van der Waals surface area contributed by atoms with E-state index in [1.807, 2.05) is 106 Å². The van der Waals surface area contributed by atoms with Gasteiger partial charge < -0.3 is 14.5 Å². The summed E-state index contributed by atoms with van der Waals surface area (Å²) in [5, 5.41) is 8.44.